The quantitative estimate of drug-likeness (QED) is 0.445. The Balaban J connectivity index is 2.29. The Morgan fingerprint density at radius 2 is 2.06 bits per heavy atom. The number of nitrogens with zero attached hydrogens (tertiary/aromatic N) is 1. The maximum atomic E-state index is 10.5. The number of nitrogens with one attached hydrogen (secondary N) is 1. The van der Waals surface area contributed by atoms with Gasteiger partial charge in [-0.2, -0.15) is 0 Å². The predicted octanol–water partition coefficient (Wildman–Crippen LogP) is 3.47. The summed E-state index contributed by atoms with van der Waals surface area (Å²) in [4.78, 5) is 11.2. The van der Waals surface area contributed by atoms with E-state index in [4.69, 9.17) is 0 Å². The molecule has 0 aliphatic carbocycles. The van der Waals surface area contributed by atoms with Gasteiger partial charge in [-0.05, 0) is 44.2 Å². The molecule has 1 aromatic carbocycles. The van der Waals surface area contributed by atoms with Gasteiger partial charge in [0.2, 0.25) is 0 Å². The zero-order chi connectivity index (χ0) is 13.4. The van der Waals surface area contributed by atoms with E-state index in [1.807, 2.05) is 12.1 Å². The van der Waals surface area contributed by atoms with Gasteiger partial charge in [0.1, 0.15) is 0 Å². The van der Waals surface area contributed by atoms with Crippen molar-refractivity contribution in [3.05, 3.63) is 34.4 Å². The van der Waals surface area contributed by atoms with Crippen molar-refractivity contribution in [2.45, 2.75) is 37.6 Å². The number of thioether (sulfide) groups is 1. The van der Waals surface area contributed by atoms with Crippen LogP contribution in [-0.2, 0) is 0 Å². The smallest absolute Gasteiger partial charge is 0.269 e. The van der Waals surface area contributed by atoms with Crippen molar-refractivity contribution in [2.75, 3.05) is 12.3 Å². The summed E-state index contributed by atoms with van der Waals surface area (Å²) in [5.41, 5.74) is 0.150. The van der Waals surface area contributed by atoms with Crippen molar-refractivity contribution < 1.29 is 4.92 Å². The van der Waals surface area contributed by atoms with Crippen LogP contribution in [0.5, 0.6) is 0 Å². The van der Waals surface area contributed by atoms with Crippen molar-refractivity contribution in [3.8, 4) is 0 Å². The molecule has 4 nitrogen and oxygen atoms in total. The van der Waals surface area contributed by atoms with E-state index < -0.39 is 0 Å². The molecule has 0 spiro atoms. The summed E-state index contributed by atoms with van der Waals surface area (Å²) in [6, 6.07) is 7.26. The topological polar surface area (TPSA) is 55.2 Å². The molecule has 0 radical (unpaired) electrons. The van der Waals surface area contributed by atoms with Crippen LogP contribution in [0.15, 0.2) is 29.2 Å². The lowest BCUT2D eigenvalue weighted by Gasteiger charge is -2.12. The van der Waals surface area contributed by atoms with Gasteiger partial charge in [0, 0.05) is 23.1 Å². The first-order chi connectivity index (χ1) is 8.63. The largest absolute Gasteiger partial charge is 0.314 e. The number of hydrogen-bond donors (Lipinski definition) is 1. The van der Waals surface area contributed by atoms with E-state index in [0.29, 0.717) is 6.04 Å². The molecule has 1 rings (SSSR count). The van der Waals surface area contributed by atoms with Gasteiger partial charge in [0.05, 0.1) is 4.92 Å². The van der Waals surface area contributed by atoms with Crippen molar-refractivity contribution in [1.82, 2.24) is 5.32 Å². The minimum Gasteiger partial charge on any atom is -0.314 e. The van der Waals surface area contributed by atoms with Crippen LogP contribution >= 0.6 is 11.8 Å². The number of non-ortho nitro benzene ring substituents is 1. The van der Waals surface area contributed by atoms with Crippen molar-refractivity contribution in [1.29, 1.82) is 0 Å². The number of rotatable bonds is 8. The zero-order valence-corrected chi connectivity index (χ0v) is 11.7. The molecule has 1 N–H and O–H groups in total. The summed E-state index contributed by atoms with van der Waals surface area (Å²) in [6.07, 6.45) is 2.25. The Kier molecular flexibility index (Phi) is 6.75. The molecule has 100 valence electrons. The fourth-order valence-electron chi connectivity index (χ4n) is 1.51. The highest BCUT2D eigenvalue weighted by molar-refractivity contribution is 7.99. The molecule has 1 atom stereocenters. The summed E-state index contributed by atoms with van der Waals surface area (Å²) in [6.45, 7) is 5.40. The van der Waals surface area contributed by atoms with Gasteiger partial charge in [-0.3, -0.25) is 10.1 Å². The predicted molar refractivity (Wildman–Crippen MR) is 76.2 cm³/mol. The fourth-order valence-corrected chi connectivity index (χ4v) is 2.55. The minimum atomic E-state index is -0.370. The van der Waals surface area contributed by atoms with Gasteiger partial charge in [0.15, 0.2) is 0 Å². The average Bonchev–Trinajstić information content (AvgIpc) is 2.37. The number of hydrogen-bond acceptors (Lipinski definition) is 4. The van der Waals surface area contributed by atoms with Crippen molar-refractivity contribution in [3.63, 3.8) is 0 Å². The molecule has 1 unspecified atom stereocenters. The van der Waals surface area contributed by atoms with Crippen molar-refractivity contribution in [2.24, 2.45) is 0 Å². The monoisotopic (exact) mass is 268 g/mol. The van der Waals surface area contributed by atoms with E-state index in [-0.39, 0.29) is 10.6 Å². The first-order valence-corrected chi connectivity index (χ1v) is 7.22. The molecule has 0 saturated heterocycles. The summed E-state index contributed by atoms with van der Waals surface area (Å²) in [5, 5.41) is 13.9. The molecule has 0 aliphatic heterocycles. The van der Waals surface area contributed by atoms with Gasteiger partial charge < -0.3 is 5.32 Å². The van der Waals surface area contributed by atoms with Crippen LogP contribution in [-0.4, -0.2) is 23.3 Å². The normalized spacial score (nSPS) is 12.3. The lowest BCUT2D eigenvalue weighted by Crippen LogP contribution is -2.27. The molecule has 1 aromatic rings. The number of benzene rings is 1. The average molecular weight is 268 g/mol. The maximum Gasteiger partial charge on any atom is 0.269 e. The van der Waals surface area contributed by atoms with Crippen LogP contribution < -0.4 is 5.32 Å². The Labute approximate surface area is 112 Å². The number of nitro groups is 1. The second kappa shape index (κ2) is 8.11. The molecular formula is C13H20N2O2S. The summed E-state index contributed by atoms with van der Waals surface area (Å²) >= 11 is 1.74. The molecule has 5 heteroatoms. The third kappa shape index (κ3) is 5.51. The summed E-state index contributed by atoms with van der Waals surface area (Å²) < 4.78 is 0. The SMILES string of the molecule is CCCNC(C)CCSc1ccc([N+](=O)[O-])cc1. The van der Waals surface area contributed by atoms with Gasteiger partial charge in [-0.15, -0.1) is 11.8 Å². The second-order valence-electron chi connectivity index (χ2n) is 4.24. The van der Waals surface area contributed by atoms with Gasteiger partial charge in [-0.25, -0.2) is 0 Å². The van der Waals surface area contributed by atoms with Crippen LogP contribution in [0.1, 0.15) is 26.7 Å². The molecule has 0 heterocycles. The lowest BCUT2D eigenvalue weighted by molar-refractivity contribution is -0.384. The maximum absolute atomic E-state index is 10.5. The first kappa shape index (κ1) is 15.0. The molecule has 18 heavy (non-hydrogen) atoms. The van der Waals surface area contributed by atoms with Crippen LogP contribution in [0.3, 0.4) is 0 Å². The Morgan fingerprint density at radius 1 is 1.39 bits per heavy atom. The highest BCUT2D eigenvalue weighted by Crippen LogP contribution is 2.22. The molecule has 0 aliphatic rings. The Morgan fingerprint density at radius 3 is 2.61 bits per heavy atom. The number of nitro benzene ring substituents is 1. The molecule has 0 fully saturated rings. The highest BCUT2D eigenvalue weighted by Gasteiger charge is 2.05. The molecule has 0 saturated carbocycles. The van der Waals surface area contributed by atoms with E-state index in [0.717, 1.165) is 30.0 Å². The van der Waals surface area contributed by atoms with Gasteiger partial charge in [-0.1, -0.05) is 6.92 Å². The van der Waals surface area contributed by atoms with E-state index in [9.17, 15) is 10.1 Å². The Bertz CT molecular complexity index is 368. The lowest BCUT2D eigenvalue weighted by atomic mass is 10.2. The van der Waals surface area contributed by atoms with Gasteiger partial charge in [0.25, 0.3) is 5.69 Å². The van der Waals surface area contributed by atoms with Crippen LogP contribution in [0.2, 0.25) is 0 Å². The fraction of sp³-hybridized carbons (Fsp3) is 0.538. The molecule has 0 amide bonds. The van der Waals surface area contributed by atoms with Gasteiger partial charge >= 0.3 is 0 Å². The zero-order valence-electron chi connectivity index (χ0n) is 10.9. The highest BCUT2D eigenvalue weighted by atomic mass is 32.2. The molecule has 0 bridgehead atoms. The summed E-state index contributed by atoms with van der Waals surface area (Å²) in [7, 11) is 0. The van der Waals surface area contributed by atoms with E-state index >= 15 is 0 Å². The van der Waals surface area contributed by atoms with Crippen molar-refractivity contribution >= 4 is 17.4 Å². The third-order valence-electron chi connectivity index (χ3n) is 2.61. The standard InChI is InChI=1S/C13H20N2O2S/c1-3-9-14-11(2)8-10-18-13-6-4-12(5-7-13)15(16)17/h4-7,11,14H,3,8-10H2,1-2H3. The van der Waals surface area contributed by atoms with E-state index in [1.165, 1.54) is 0 Å². The van der Waals surface area contributed by atoms with Crippen LogP contribution in [0.4, 0.5) is 5.69 Å². The molecular weight excluding hydrogens is 248 g/mol. The summed E-state index contributed by atoms with van der Waals surface area (Å²) in [5.74, 6) is 1.02. The molecule has 0 aromatic heterocycles. The van der Waals surface area contributed by atoms with Crippen LogP contribution in [0, 0.1) is 10.1 Å². The van der Waals surface area contributed by atoms with Crippen LogP contribution in [0.25, 0.3) is 0 Å². The minimum absolute atomic E-state index is 0.150. The Hall–Kier alpha value is -1.07. The van der Waals surface area contributed by atoms with E-state index in [2.05, 4.69) is 19.2 Å². The third-order valence-corrected chi connectivity index (χ3v) is 3.66. The second-order valence-corrected chi connectivity index (χ2v) is 5.41. The van der Waals surface area contributed by atoms with E-state index in [1.54, 1.807) is 23.9 Å². The first-order valence-electron chi connectivity index (χ1n) is 6.24.